The third-order valence-corrected chi connectivity index (χ3v) is 2.93. The molecule has 0 saturated carbocycles. The van der Waals surface area contributed by atoms with E-state index in [9.17, 15) is 14.4 Å². The van der Waals surface area contributed by atoms with Gasteiger partial charge in [-0.2, -0.15) is 0 Å². The summed E-state index contributed by atoms with van der Waals surface area (Å²) in [6, 6.07) is 9.68. The fraction of sp³-hybridized carbons (Fsp3) is 0.133. The van der Waals surface area contributed by atoms with E-state index >= 15 is 0 Å². The highest BCUT2D eigenvalue weighted by atomic mass is 16.2. The van der Waals surface area contributed by atoms with E-state index in [1.165, 1.54) is 18.3 Å². The summed E-state index contributed by atoms with van der Waals surface area (Å²) >= 11 is 0. The van der Waals surface area contributed by atoms with E-state index < -0.39 is 0 Å². The fourth-order valence-electron chi connectivity index (χ4n) is 1.79. The molecule has 0 fully saturated rings. The number of hydrogen-bond donors (Lipinski definition) is 3. The lowest BCUT2D eigenvalue weighted by atomic mass is 10.1. The summed E-state index contributed by atoms with van der Waals surface area (Å²) in [5, 5.41) is 5.25. The fourth-order valence-corrected chi connectivity index (χ4v) is 1.79. The van der Waals surface area contributed by atoms with Gasteiger partial charge in [0.2, 0.25) is 5.56 Å². The van der Waals surface area contributed by atoms with Crippen molar-refractivity contribution in [2.24, 2.45) is 0 Å². The maximum absolute atomic E-state index is 11.9. The molecule has 6 nitrogen and oxygen atoms in total. The van der Waals surface area contributed by atoms with Gasteiger partial charge < -0.3 is 15.6 Å². The van der Waals surface area contributed by atoms with Crippen molar-refractivity contribution >= 4 is 11.8 Å². The Morgan fingerprint density at radius 1 is 1.05 bits per heavy atom. The lowest BCUT2D eigenvalue weighted by Gasteiger charge is -2.06. The summed E-state index contributed by atoms with van der Waals surface area (Å²) in [5.74, 6) is -0.481. The molecule has 2 rings (SSSR count). The van der Waals surface area contributed by atoms with Crippen LogP contribution in [0.25, 0.3) is 0 Å². The monoisotopic (exact) mass is 285 g/mol. The lowest BCUT2D eigenvalue weighted by Crippen LogP contribution is -2.24. The number of nitrogens with one attached hydrogen (secondary N) is 3. The SMILES string of the molecule is CNC(=O)c1ccc(CNC(=O)c2cc[nH]c(=O)c2)cc1. The molecular weight excluding hydrogens is 270 g/mol. The topological polar surface area (TPSA) is 91.1 Å². The molecular formula is C15H15N3O3. The molecule has 3 N–H and O–H groups in total. The summed E-state index contributed by atoms with van der Waals surface area (Å²) in [4.78, 5) is 36.8. The smallest absolute Gasteiger partial charge is 0.251 e. The van der Waals surface area contributed by atoms with Gasteiger partial charge in [0.25, 0.3) is 11.8 Å². The van der Waals surface area contributed by atoms with Gasteiger partial charge in [0, 0.05) is 37.0 Å². The Balaban J connectivity index is 1.98. The van der Waals surface area contributed by atoms with Gasteiger partial charge >= 0.3 is 0 Å². The third kappa shape index (κ3) is 3.79. The number of hydrogen-bond acceptors (Lipinski definition) is 3. The summed E-state index contributed by atoms with van der Waals surface area (Å²) < 4.78 is 0. The molecule has 6 heteroatoms. The number of H-pyrrole nitrogens is 1. The number of carbonyl (C=O) groups excluding carboxylic acids is 2. The van der Waals surface area contributed by atoms with Crippen molar-refractivity contribution in [3.05, 3.63) is 69.6 Å². The number of amides is 2. The Morgan fingerprint density at radius 2 is 1.76 bits per heavy atom. The predicted octanol–water partition coefficient (Wildman–Crippen LogP) is 0.664. The van der Waals surface area contributed by atoms with Crippen LogP contribution in [0.3, 0.4) is 0 Å². The van der Waals surface area contributed by atoms with Crippen molar-refractivity contribution in [1.82, 2.24) is 15.6 Å². The second kappa shape index (κ2) is 6.51. The van der Waals surface area contributed by atoms with E-state index in [0.29, 0.717) is 17.7 Å². The average Bonchev–Trinajstić information content (AvgIpc) is 2.52. The van der Waals surface area contributed by atoms with Crippen LogP contribution in [0.1, 0.15) is 26.3 Å². The molecule has 0 atom stereocenters. The predicted molar refractivity (Wildman–Crippen MR) is 78.1 cm³/mol. The minimum Gasteiger partial charge on any atom is -0.355 e. The Morgan fingerprint density at radius 3 is 2.38 bits per heavy atom. The van der Waals surface area contributed by atoms with Crippen molar-refractivity contribution in [3.8, 4) is 0 Å². The van der Waals surface area contributed by atoms with Gasteiger partial charge in [0.1, 0.15) is 0 Å². The van der Waals surface area contributed by atoms with Crippen LogP contribution in [-0.4, -0.2) is 23.8 Å². The molecule has 0 bridgehead atoms. The van der Waals surface area contributed by atoms with Crippen LogP contribution in [0, 0.1) is 0 Å². The number of aromatic nitrogens is 1. The van der Waals surface area contributed by atoms with Gasteiger partial charge in [0.05, 0.1) is 0 Å². The normalized spacial score (nSPS) is 9.95. The van der Waals surface area contributed by atoms with Crippen LogP contribution in [0.5, 0.6) is 0 Å². The van der Waals surface area contributed by atoms with Crippen LogP contribution < -0.4 is 16.2 Å². The van der Waals surface area contributed by atoms with E-state index in [0.717, 1.165) is 5.56 Å². The van der Waals surface area contributed by atoms with E-state index in [4.69, 9.17) is 0 Å². The second-order valence-electron chi connectivity index (χ2n) is 4.40. The zero-order chi connectivity index (χ0) is 15.2. The average molecular weight is 285 g/mol. The first-order valence-electron chi connectivity index (χ1n) is 6.38. The second-order valence-corrected chi connectivity index (χ2v) is 4.40. The number of pyridine rings is 1. The van der Waals surface area contributed by atoms with Gasteiger partial charge in [-0.3, -0.25) is 14.4 Å². The maximum atomic E-state index is 11.9. The van der Waals surface area contributed by atoms with Crippen LogP contribution in [-0.2, 0) is 6.54 Å². The highest BCUT2D eigenvalue weighted by molar-refractivity contribution is 5.94. The van der Waals surface area contributed by atoms with Crippen molar-refractivity contribution in [2.75, 3.05) is 7.05 Å². The third-order valence-electron chi connectivity index (χ3n) is 2.93. The minimum atomic E-state index is -0.323. The van der Waals surface area contributed by atoms with Crippen molar-refractivity contribution < 1.29 is 9.59 Å². The molecule has 2 amide bonds. The highest BCUT2D eigenvalue weighted by Crippen LogP contribution is 2.04. The molecule has 0 spiro atoms. The van der Waals surface area contributed by atoms with E-state index in [-0.39, 0.29) is 17.4 Å². The van der Waals surface area contributed by atoms with Gasteiger partial charge in [-0.05, 0) is 23.8 Å². The molecule has 1 aromatic carbocycles. The first kappa shape index (κ1) is 14.5. The maximum Gasteiger partial charge on any atom is 0.251 e. The molecule has 0 radical (unpaired) electrons. The summed E-state index contributed by atoms with van der Waals surface area (Å²) in [7, 11) is 1.57. The molecule has 108 valence electrons. The largest absolute Gasteiger partial charge is 0.355 e. The van der Waals surface area contributed by atoms with Crippen LogP contribution in [0.15, 0.2) is 47.4 Å². The van der Waals surface area contributed by atoms with E-state index in [1.807, 2.05) is 0 Å². The van der Waals surface area contributed by atoms with Crippen molar-refractivity contribution in [3.63, 3.8) is 0 Å². The molecule has 21 heavy (non-hydrogen) atoms. The highest BCUT2D eigenvalue weighted by Gasteiger charge is 2.06. The van der Waals surface area contributed by atoms with Gasteiger partial charge in [0.15, 0.2) is 0 Å². The number of benzene rings is 1. The van der Waals surface area contributed by atoms with Crippen molar-refractivity contribution in [2.45, 2.75) is 6.54 Å². The zero-order valence-corrected chi connectivity index (χ0v) is 11.5. The Hall–Kier alpha value is -2.89. The Bertz CT molecular complexity index is 705. The Kier molecular flexibility index (Phi) is 4.50. The van der Waals surface area contributed by atoms with Gasteiger partial charge in [-0.1, -0.05) is 12.1 Å². The molecule has 2 aromatic rings. The molecule has 0 aliphatic carbocycles. The van der Waals surface area contributed by atoms with E-state index in [1.54, 1.807) is 31.3 Å². The first-order valence-corrected chi connectivity index (χ1v) is 6.38. The summed E-state index contributed by atoms with van der Waals surface area (Å²) in [5.41, 5.74) is 1.40. The van der Waals surface area contributed by atoms with Crippen molar-refractivity contribution in [1.29, 1.82) is 0 Å². The first-order chi connectivity index (χ1) is 10.1. The van der Waals surface area contributed by atoms with E-state index in [2.05, 4.69) is 15.6 Å². The van der Waals surface area contributed by atoms with Crippen LogP contribution in [0.2, 0.25) is 0 Å². The molecule has 0 aliphatic heterocycles. The van der Waals surface area contributed by atoms with Crippen LogP contribution >= 0.6 is 0 Å². The van der Waals surface area contributed by atoms with Gasteiger partial charge in [-0.15, -0.1) is 0 Å². The molecule has 0 unspecified atom stereocenters. The van der Waals surface area contributed by atoms with Crippen LogP contribution in [0.4, 0.5) is 0 Å². The quantitative estimate of drug-likeness (QED) is 0.771. The lowest BCUT2D eigenvalue weighted by molar-refractivity contribution is 0.0946. The minimum absolute atomic E-state index is 0.158. The Labute approximate surface area is 121 Å². The summed E-state index contributed by atoms with van der Waals surface area (Å²) in [6.07, 6.45) is 1.43. The molecule has 0 saturated heterocycles. The molecule has 0 aliphatic rings. The molecule has 1 heterocycles. The van der Waals surface area contributed by atoms with Gasteiger partial charge in [-0.25, -0.2) is 0 Å². The number of rotatable bonds is 4. The number of carbonyl (C=O) groups is 2. The molecule has 1 aromatic heterocycles. The standard InChI is InChI=1S/C15H15N3O3/c1-16-14(20)11-4-2-10(3-5-11)9-18-15(21)12-6-7-17-13(19)8-12/h2-8H,9H2,1H3,(H,16,20)(H,17,19)(H,18,21). The zero-order valence-electron chi connectivity index (χ0n) is 11.5. The summed E-state index contributed by atoms with van der Waals surface area (Å²) in [6.45, 7) is 0.319. The number of aromatic amines is 1.